The molecule has 90 valence electrons. The molecule has 0 radical (unpaired) electrons. The molecule has 0 amide bonds. The number of carbonyl (C=O) groups excluding carboxylic acids is 1. The average molecular weight is 323 g/mol. The number of carboxylic acid groups (broad SMARTS) is 1. The molecule has 7 heteroatoms. The van der Waals surface area contributed by atoms with Crippen LogP contribution in [0.1, 0.15) is 6.42 Å². The second kappa shape index (κ2) is 5.82. The molecule has 0 heterocycles. The van der Waals surface area contributed by atoms with Gasteiger partial charge in [-0.2, -0.15) is 0 Å². The molecule has 0 unspecified atom stereocenters. The number of hydrogen-bond donors (Lipinski definition) is 2. The Labute approximate surface area is 109 Å². The Bertz CT molecular complexity index is 515. The second-order valence-electron chi connectivity index (χ2n) is 3.00. The summed E-state index contributed by atoms with van der Waals surface area (Å²) in [5, 5.41) is 11.0. The molecular formula is C10H6BrClFNO3. The van der Waals surface area contributed by atoms with E-state index in [0.29, 0.717) is 0 Å². The Morgan fingerprint density at radius 2 is 2.24 bits per heavy atom. The fourth-order valence-corrected chi connectivity index (χ4v) is 1.53. The van der Waals surface area contributed by atoms with Gasteiger partial charge in [0.2, 0.25) is 0 Å². The first-order chi connectivity index (χ1) is 7.95. The number of aliphatic carboxylic acids is 1. The lowest BCUT2D eigenvalue weighted by Gasteiger charge is -2.08. The Balaban J connectivity index is 2.99. The highest BCUT2D eigenvalue weighted by Gasteiger charge is 2.12. The minimum Gasteiger partial charge on any atom is -0.481 e. The van der Waals surface area contributed by atoms with Gasteiger partial charge in [0.15, 0.2) is 5.82 Å². The van der Waals surface area contributed by atoms with E-state index in [0.717, 1.165) is 0 Å². The van der Waals surface area contributed by atoms with E-state index in [1.165, 1.54) is 18.1 Å². The van der Waals surface area contributed by atoms with E-state index in [1.807, 2.05) is 0 Å². The summed E-state index contributed by atoms with van der Waals surface area (Å²) in [5.74, 6) is -0.528. The summed E-state index contributed by atoms with van der Waals surface area (Å²) in [4.78, 5) is 20.9. The van der Waals surface area contributed by atoms with Crippen molar-refractivity contribution < 1.29 is 19.1 Å². The lowest BCUT2D eigenvalue weighted by molar-refractivity contribution is -0.136. The molecule has 2 N–H and O–H groups in total. The van der Waals surface area contributed by atoms with Crippen molar-refractivity contribution in [3.05, 3.63) is 33.1 Å². The fraction of sp³-hybridized carbons (Fsp3) is 0.100. The van der Waals surface area contributed by atoms with Crippen LogP contribution in [-0.4, -0.2) is 17.0 Å². The largest absolute Gasteiger partial charge is 0.481 e. The third-order valence-corrected chi connectivity index (χ3v) is 3.09. The Hall–Kier alpha value is -1.36. The zero-order chi connectivity index (χ0) is 13.0. The zero-order valence-electron chi connectivity index (χ0n) is 8.26. The lowest BCUT2D eigenvalue weighted by atomic mass is 10.2. The summed E-state index contributed by atoms with van der Waals surface area (Å²) in [6.45, 7) is 0. The van der Waals surface area contributed by atoms with Crippen molar-refractivity contribution in [3.8, 4) is 0 Å². The molecule has 0 aliphatic carbocycles. The Kier molecular flexibility index (Phi) is 4.69. The first-order valence-electron chi connectivity index (χ1n) is 4.32. The fourth-order valence-electron chi connectivity index (χ4n) is 1.04. The Morgan fingerprint density at radius 3 is 2.76 bits per heavy atom. The molecule has 17 heavy (non-hydrogen) atoms. The van der Waals surface area contributed by atoms with E-state index in [9.17, 15) is 14.0 Å². The smallest absolute Gasteiger partial charge is 0.310 e. The van der Waals surface area contributed by atoms with Gasteiger partial charge in [-0.3, -0.25) is 4.79 Å². The number of anilines is 1. The maximum atomic E-state index is 13.6. The van der Waals surface area contributed by atoms with Gasteiger partial charge in [0.1, 0.15) is 11.6 Å². The predicted molar refractivity (Wildman–Crippen MR) is 64.2 cm³/mol. The summed E-state index contributed by atoms with van der Waals surface area (Å²) < 4.78 is 13.6. The summed E-state index contributed by atoms with van der Waals surface area (Å²) in [7, 11) is 0. The van der Waals surface area contributed by atoms with Crippen LogP contribution in [0.5, 0.6) is 0 Å². The van der Waals surface area contributed by atoms with Crippen LogP contribution < -0.4 is 5.32 Å². The van der Waals surface area contributed by atoms with Crippen LogP contribution in [0.3, 0.4) is 0 Å². The molecule has 0 aromatic heterocycles. The van der Waals surface area contributed by atoms with Crippen molar-refractivity contribution in [2.24, 2.45) is 0 Å². The van der Waals surface area contributed by atoms with Crippen molar-refractivity contribution in [2.75, 3.05) is 5.32 Å². The van der Waals surface area contributed by atoms with E-state index < -0.39 is 18.2 Å². The maximum absolute atomic E-state index is 13.6. The Morgan fingerprint density at radius 1 is 1.59 bits per heavy atom. The number of halogens is 3. The minimum absolute atomic E-state index is 0.0322. The normalized spacial score (nSPS) is 9.59. The molecule has 0 atom stereocenters. The number of rotatable bonds is 4. The number of benzene rings is 1. The van der Waals surface area contributed by atoms with Crippen LogP contribution in [0.15, 0.2) is 22.3 Å². The third kappa shape index (κ3) is 3.56. The van der Waals surface area contributed by atoms with Gasteiger partial charge in [0, 0.05) is 0 Å². The first-order valence-corrected chi connectivity index (χ1v) is 5.49. The lowest BCUT2D eigenvalue weighted by Crippen LogP contribution is -2.08. The molecule has 0 spiro atoms. The zero-order valence-corrected chi connectivity index (χ0v) is 10.6. The third-order valence-electron chi connectivity index (χ3n) is 1.77. The summed E-state index contributed by atoms with van der Waals surface area (Å²) in [5.41, 5.74) is -0.327. The monoisotopic (exact) mass is 321 g/mol. The SMILES string of the molecule is O=C=C(CC(=O)O)Nc1ccc(Cl)c(Br)c1F. The second-order valence-corrected chi connectivity index (χ2v) is 4.20. The van der Waals surface area contributed by atoms with E-state index >= 15 is 0 Å². The van der Waals surface area contributed by atoms with E-state index in [1.54, 1.807) is 0 Å². The van der Waals surface area contributed by atoms with Gasteiger partial charge < -0.3 is 10.4 Å². The van der Waals surface area contributed by atoms with Crippen LogP contribution in [0.25, 0.3) is 0 Å². The number of hydrogen-bond acceptors (Lipinski definition) is 3. The molecule has 0 aliphatic heterocycles. The molecule has 1 aromatic carbocycles. The molecule has 1 rings (SSSR count). The maximum Gasteiger partial charge on any atom is 0.310 e. The van der Waals surface area contributed by atoms with Gasteiger partial charge in [-0.05, 0) is 28.1 Å². The molecule has 1 aromatic rings. The summed E-state index contributed by atoms with van der Waals surface area (Å²) in [6, 6.07) is 2.70. The van der Waals surface area contributed by atoms with E-state index in [4.69, 9.17) is 16.7 Å². The molecule has 4 nitrogen and oxygen atoms in total. The van der Waals surface area contributed by atoms with E-state index in [-0.39, 0.29) is 20.9 Å². The highest BCUT2D eigenvalue weighted by molar-refractivity contribution is 9.10. The summed E-state index contributed by atoms with van der Waals surface area (Å²) >= 11 is 8.57. The van der Waals surface area contributed by atoms with Crippen molar-refractivity contribution in [1.29, 1.82) is 0 Å². The highest BCUT2D eigenvalue weighted by atomic mass is 79.9. The number of carboxylic acids is 1. The molecule has 0 aliphatic rings. The summed E-state index contributed by atoms with van der Waals surface area (Å²) in [6.07, 6.45) is -0.566. The van der Waals surface area contributed by atoms with E-state index in [2.05, 4.69) is 21.2 Å². The molecule has 0 saturated carbocycles. The quantitative estimate of drug-likeness (QED) is 0.661. The number of carbonyl (C=O) groups is 1. The molecule has 0 bridgehead atoms. The molecule has 0 saturated heterocycles. The van der Waals surface area contributed by atoms with Gasteiger partial charge in [0.05, 0.1) is 21.6 Å². The standard InChI is InChI=1S/C10H6BrClFNO3/c11-9-6(12)1-2-7(10(9)13)14-5(4-15)3-8(16)17/h1-2,14H,3H2,(H,16,17). The van der Waals surface area contributed by atoms with Crippen molar-refractivity contribution >= 4 is 45.1 Å². The van der Waals surface area contributed by atoms with Crippen LogP contribution in [-0.2, 0) is 9.59 Å². The average Bonchev–Trinajstić information content (AvgIpc) is 2.28. The van der Waals surface area contributed by atoms with Crippen LogP contribution in [0, 0.1) is 5.82 Å². The predicted octanol–water partition coefficient (Wildman–Crippen LogP) is 2.84. The topological polar surface area (TPSA) is 66.4 Å². The van der Waals surface area contributed by atoms with Gasteiger partial charge in [-0.25, -0.2) is 9.18 Å². The highest BCUT2D eigenvalue weighted by Crippen LogP contribution is 2.30. The minimum atomic E-state index is -1.22. The van der Waals surface area contributed by atoms with Crippen LogP contribution in [0.2, 0.25) is 5.02 Å². The van der Waals surface area contributed by atoms with Gasteiger partial charge >= 0.3 is 5.97 Å². The molecule has 0 fully saturated rings. The van der Waals surface area contributed by atoms with Crippen LogP contribution >= 0.6 is 27.5 Å². The first kappa shape index (κ1) is 13.7. The van der Waals surface area contributed by atoms with Crippen molar-refractivity contribution in [3.63, 3.8) is 0 Å². The van der Waals surface area contributed by atoms with Gasteiger partial charge in [-0.1, -0.05) is 11.6 Å². The number of nitrogens with one attached hydrogen (secondary N) is 1. The van der Waals surface area contributed by atoms with Crippen molar-refractivity contribution in [2.45, 2.75) is 6.42 Å². The van der Waals surface area contributed by atoms with Gasteiger partial charge in [0.25, 0.3) is 0 Å². The van der Waals surface area contributed by atoms with Crippen LogP contribution in [0.4, 0.5) is 10.1 Å². The van der Waals surface area contributed by atoms with Crippen molar-refractivity contribution in [1.82, 2.24) is 0 Å². The molecular weight excluding hydrogens is 316 g/mol. The van der Waals surface area contributed by atoms with Gasteiger partial charge in [-0.15, -0.1) is 0 Å².